The first kappa shape index (κ1) is 16.2. The lowest BCUT2D eigenvalue weighted by molar-refractivity contribution is 0.140. The van der Waals surface area contributed by atoms with Crippen LogP contribution in [0.15, 0.2) is 24.3 Å². The number of hydrogen-bond acceptors (Lipinski definition) is 2. The highest BCUT2D eigenvalue weighted by molar-refractivity contribution is 5.28. The van der Waals surface area contributed by atoms with Gasteiger partial charge in [-0.25, -0.2) is 0 Å². The lowest BCUT2D eigenvalue weighted by Crippen LogP contribution is -2.40. The van der Waals surface area contributed by atoms with E-state index in [2.05, 4.69) is 63.8 Å². The third-order valence-electron chi connectivity index (χ3n) is 3.88. The van der Waals surface area contributed by atoms with Gasteiger partial charge < -0.3 is 5.73 Å². The number of nitrogens with two attached hydrogens (primary N) is 1. The summed E-state index contributed by atoms with van der Waals surface area (Å²) in [5.74, 6) is 0. The van der Waals surface area contributed by atoms with Crippen LogP contribution in [0.1, 0.15) is 51.3 Å². The second-order valence-electron chi connectivity index (χ2n) is 6.37. The van der Waals surface area contributed by atoms with Crippen molar-refractivity contribution in [2.24, 2.45) is 11.1 Å². The highest BCUT2D eigenvalue weighted by atomic mass is 15.2. The van der Waals surface area contributed by atoms with E-state index in [-0.39, 0.29) is 5.41 Å². The molecule has 2 nitrogen and oxygen atoms in total. The van der Waals surface area contributed by atoms with Gasteiger partial charge in [0, 0.05) is 12.6 Å². The topological polar surface area (TPSA) is 29.3 Å². The molecule has 0 bridgehead atoms. The van der Waals surface area contributed by atoms with Crippen molar-refractivity contribution in [2.45, 2.75) is 47.1 Å². The summed E-state index contributed by atoms with van der Waals surface area (Å²) in [6.45, 7) is 14.2. The molecule has 0 radical (unpaired) electrons. The molecule has 0 saturated carbocycles. The van der Waals surface area contributed by atoms with Gasteiger partial charge in [-0.2, -0.15) is 0 Å². The van der Waals surface area contributed by atoms with Crippen molar-refractivity contribution in [3.8, 4) is 0 Å². The Labute approximate surface area is 119 Å². The molecule has 0 aliphatic heterocycles. The number of aryl methyl sites for hydroxylation is 1. The fourth-order valence-corrected chi connectivity index (χ4v) is 2.56. The summed E-state index contributed by atoms with van der Waals surface area (Å²) in [4.78, 5) is 2.56. The van der Waals surface area contributed by atoms with Crippen molar-refractivity contribution in [3.63, 3.8) is 0 Å². The molecule has 1 aromatic carbocycles. The smallest absolute Gasteiger partial charge is 0.0322 e. The van der Waals surface area contributed by atoms with Crippen LogP contribution in [0.3, 0.4) is 0 Å². The highest BCUT2D eigenvalue weighted by Gasteiger charge is 2.24. The van der Waals surface area contributed by atoms with E-state index in [1.807, 2.05) is 0 Å². The molecule has 0 aliphatic rings. The summed E-state index contributed by atoms with van der Waals surface area (Å²) < 4.78 is 0. The van der Waals surface area contributed by atoms with E-state index in [0.717, 1.165) is 19.6 Å². The number of nitrogens with zero attached hydrogens (tertiary/aromatic N) is 1. The fraction of sp³-hybridized carbons (Fsp3) is 0.647. The zero-order valence-electron chi connectivity index (χ0n) is 13.2. The van der Waals surface area contributed by atoms with Crippen molar-refractivity contribution < 1.29 is 0 Å². The average Bonchev–Trinajstić information content (AvgIpc) is 2.38. The molecular weight excluding hydrogens is 232 g/mol. The van der Waals surface area contributed by atoms with E-state index in [1.165, 1.54) is 17.5 Å². The van der Waals surface area contributed by atoms with Crippen LogP contribution in [-0.4, -0.2) is 24.5 Å². The summed E-state index contributed by atoms with van der Waals surface area (Å²) in [6, 6.07) is 9.14. The van der Waals surface area contributed by atoms with Gasteiger partial charge in [-0.05, 0) is 49.9 Å². The number of rotatable bonds is 7. The summed E-state index contributed by atoms with van der Waals surface area (Å²) in [5, 5.41) is 0. The number of hydrogen-bond donors (Lipinski definition) is 1. The van der Waals surface area contributed by atoms with E-state index in [0.29, 0.717) is 6.04 Å². The van der Waals surface area contributed by atoms with Crippen LogP contribution in [-0.2, 0) is 0 Å². The first-order valence-electron chi connectivity index (χ1n) is 7.41. The molecule has 0 spiro atoms. The van der Waals surface area contributed by atoms with E-state index in [1.54, 1.807) is 0 Å². The molecule has 1 atom stereocenters. The molecular formula is C17H30N2. The van der Waals surface area contributed by atoms with Crippen LogP contribution in [0.2, 0.25) is 0 Å². The maximum absolute atomic E-state index is 5.89. The predicted molar refractivity (Wildman–Crippen MR) is 84.3 cm³/mol. The molecule has 1 unspecified atom stereocenters. The maximum Gasteiger partial charge on any atom is 0.0322 e. The van der Waals surface area contributed by atoms with Crippen LogP contribution in [0.4, 0.5) is 0 Å². The van der Waals surface area contributed by atoms with E-state index in [9.17, 15) is 0 Å². The molecule has 0 heterocycles. The third-order valence-corrected chi connectivity index (χ3v) is 3.88. The zero-order chi connectivity index (χ0) is 14.5. The second kappa shape index (κ2) is 7.06. The van der Waals surface area contributed by atoms with Crippen molar-refractivity contribution in [3.05, 3.63) is 35.4 Å². The summed E-state index contributed by atoms with van der Waals surface area (Å²) >= 11 is 0. The second-order valence-corrected chi connectivity index (χ2v) is 6.37. The Morgan fingerprint density at radius 3 is 2.42 bits per heavy atom. The van der Waals surface area contributed by atoms with Crippen LogP contribution >= 0.6 is 0 Å². The number of benzene rings is 1. The van der Waals surface area contributed by atoms with E-state index in [4.69, 9.17) is 5.73 Å². The molecule has 0 aliphatic carbocycles. The van der Waals surface area contributed by atoms with Gasteiger partial charge in [0.05, 0.1) is 0 Å². The molecule has 0 fully saturated rings. The minimum atomic E-state index is 0.173. The van der Waals surface area contributed by atoms with Gasteiger partial charge in [0.15, 0.2) is 0 Å². The van der Waals surface area contributed by atoms with E-state index >= 15 is 0 Å². The Morgan fingerprint density at radius 2 is 1.89 bits per heavy atom. The quantitative estimate of drug-likeness (QED) is 0.811. The Kier molecular flexibility index (Phi) is 6.02. The molecule has 2 heteroatoms. The summed E-state index contributed by atoms with van der Waals surface area (Å²) in [5.41, 5.74) is 8.88. The van der Waals surface area contributed by atoms with Crippen molar-refractivity contribution >= 4 is 0 Å². The average molecular weight is 262 g/mol. The van der Waals surface area contributed by atoms with Gasteiger partial charge in [0.25, 0.3) is 0 Å². The maximum atomic E-state index is 5.89. The Hall–Kier alpha value is -0.860. The van der Waals surface area contributed by atoms with Gasteiger partial charge in [-0.3, -0.25) is 4.90 Å². The zero-order valence-corrected chi connectivity index (χ0v) is 13.2. The van der Waals surface area contributed by atoms with Crippen LogP contribution in [0.5, 0.6) is 0 Å². The van der Waals surface area contributed by atoms with Crippen LogP contribution in [0.25, 0.3) is 0 Å². The molecule has 0 saturated heterocycles. The lowest BCUT2D eigenvalue weighted by atomic mass is 9.91. The minimum absolute atomic E-state index is 0.173. The van der Waals surface area contributed by atoms with Crippen LogP contribution in [0, 0.1) is 12.3 Å². The molecule has 19 heavy (non-hydrogen) atoms. The molecule has 0 amide bonds. The van der Waals surface area contributed by atoms with Gasteiger partial charge in [0.1, 0.15) is 0 Å². The predicted octanol–water partition coefficient (Wildman–Crippen LogP) is 3.75. The lowest BCUT2D eigenvalue weighted by Gasteiger charge is -2.36. The standard InChI is InChI=1S/C17H30N2/c1-6-11-19(13-17(4,5)12-18)15(3)16-10-8-7-9-14(16)2/h7-10,15H,6,11-13,18H2,1-5H3. The molecule has 0 aromatic heterocycles. The highest BCUT2D eigenvalue weighted by Crippen LogP contribution is 2.27. The SMILES string of the molecule is CCCN(CC(C)(C)CN)C(C)c1ccccc1C. The normalized spacial score (nSPS) is 13.8. The first-order chi connectivity index (χ1) is 8.91. The van der Waals surface area contributed by atoms with Gasteiger partial charge in [0.2, 0.25) is 0 Å². The Bertz CT molecular complexity index is 385. The first-order valence-corrected chi connectivity index (χ1v) is 7.41. The fourth-order valence-electron chi connectivity index (χ4n) is 2.56. The van der Waals surface area contributed by atoms with Gasteiger partial charge in [-0.15, -0.1) is 0 Å². The Balaban J connectivity index is 2.90. The molecule has 1 rings (SSSR count). The third kappa shape index (κ3) is 4.63. The molecule has 108 valence electrons. The van der Waals surface area contributed by atoms with Gasteiger partial charge in [-0.1, -0.05) is 45.0 Å². The van der Waals surface area contributed by atoms with Crippen molar-refractivity contribution in [1.82, 2.24) is 4.90 Å². The van der Waals surface area contributed by atoms with Gasteiger partial charge >= 0.3 is 0 Å². The Morgan fingerprint density at radius 1 is 1.26 bits per heavy atom. The minimum Gasteiger partial charge on any atom is -0.330 e. The summed E-state index contributed by atoms with van der Waals surface area (Å²) in [7, 11) is 0. The van der Waals surface area contributed by atoms with Crippen molar-refractivity contribution in [2.75, 3.05) is 19.6 Å². The van der Waals surface area contributed by atoms with Crippen LogP contribution < -0.4 is 5.73 Å². The molecule has 1 aromatic rings. The van der Waals surface area contributed by atoms with E-state index < -0.39 is 0 Å². The van der Waals surface area contributed by atoms with Crippen molar-refractivity contribution in [1.29, 1.82) is 0 Å². The molecule has 2 N–H and O–H groups in total. The largest absolute Gasteiger partial charge is 0.330 e. The monoisotopic (exact) mass is 262 g/mol. The summed E-state index contributed by atoms with van der Waals surface area (Å²) in [6.07, 6.45) is 1.18.